The molecule has 5 nitrogen and oxygen atoms in total. The van der Waals surface area contributed by atoms with E-state index in [0.29, 0.717) is 16.7 Å². The minimum Gasteiger partial charge on any atom is -0.362 e. The molecule has 3 aromatic heterocycles. The first-order valence-corrected chi connectivity index (χ1v) is 9.26. The van der Waals surface area contributed by atoms with Crippen molar-refractivity contribution in [3.8, 4) is 0 Å². The summed E-state index contributed by atoms with van der Waals surface area (Å²) in [6.07, 6.45) is -0.553. The zero-order valence-electron chi connectivity index (χ0n) is 12.6. The van der Waals surface area contributed by atoms with Crippen molar-refractivity contribution in [2.75, 3.05) is 5.32 Å². The lowest BCUT2D eigenvalue weighted by Crippen LogP contribution is -2.06. The Morgan fingerprint density at radius 2 is 2.29 bits per heavy atom. The molecule has 0 aliphatic carbocycles. The van der Waals surface area contributed by atoms with Crippen LogP contribution in [0.4, 0.5) is 14.6 Å². The zero-order valence-corrected chi connectivity index (χ0v) is 15.7. The van der Waals surface area contributed by atoms with Crippen LogP contribution in [0.1, 0.15) is 24.6 Å². The van der Waals surface area contributed by atoms with Gasteiger partial charge in [-0.1, -0.05) is 0 Å². The maximum atomic E-state index is 14.8. The predicted molar refractivity (Wildman–Crippen MR) is 94.0 cm³/mol. The van der Waals surface area contributed by atoms with Crippen molar-refractivity contribution < 1.29 is 8.78 Å². The Morgan fingerprint density at radius 1 is 1.50 bits per heavy atom. The van der Waals surface area contributed by atoms with Gasteiger partial charge in [-0.2, -0.15) is 4.98 Å². The van der Waals surface area contributed by atoms with Crippen LogP contribution in [0.15, 0.2) is 15.5 Å². The highest BCUT2D eigenvalue weighted by Gasteiger charge is 2.22. The summed E-state index contributed by atoms with van der Waals surface area (Å²) in [6.45, 7) is 1.82. The van der Waals surface area contributed by atoms with Gasteiger partial charge in [-0.05, 0) is 47.3 Å². The van der Waals surface area contributed by atoms with E-state index >= 15 is 0 Å². The summed E-state index contributed by atoms with van der Waals surface area (Å²) in [5.74, 6) is -0.222. The van der Waals surface area contributed by atoms with Crippen LogP contribution in [0.25, 0.3) is 5.52 Å². The predicted octanol–water partition coefficient (Wildman–Crippen LogP) is 4.64. The van der Waals surface area contributed by atoms with Crippen LogP contribution in [-0.2, 0) is 13.0 Å². The van der Waals surface area contributed by atoms with Crippen LogP contribution in [-0.4, -0.2) is 25.8 Å². The lowest BCUT2D eigenvalue weighted by atomic mass is 10.1. The van der Waals surface area contributed by atoms with Gasteiger partial charge in [0.1, 0.15) is 10.1 Å². The number of hydrogen-bond acceptors (Lipinski definition) is 5. The molecule has 0 fully saturated rings. The fourth-order valence-corrected chi connectivity index (χ4v) is 3.63. The van der Waals surface area contributed by atoms with Crippen LogP contribution in [0.2, 0.25) is 5.28 Å². The number of halogens is 4. The molecule has 0 saturated heterocycles. The average molecular weight is 437 g/mol. The van der Waals surface area contributed by atoms with Gasteiger partial charge in [0.25, 0.3) is 0 Å². The van der Waals surface area contributed by atoms with Crippen LogP contribution >= 0.6 is 38.9 Å². The third kappa shape index (κ3) is 3.52. The second-order valence-corrected chi connectivity index (χ2v) is 7.03. The number of hydrogen-bond donors (Lipinski definition) is 1. The Balaban J connectivity index is 2.00. The Bertz CT molecular complexity index is 853. The first kappa shape index (κ1) is 17.5. The van der Waals surface area contributed by atoms with Crippen molar-refractivity contribution in [1.29, 1.82) is 0 Å². The molecule has 0 aliphatic rings. The molecule has 1 N–H and O–H groups in total. The molecule has 0 bridgehead atoms. The van der Waals surface area contributed by atoms with Gasteiger partial charge in [0.2, 0.25) is 5.28 Å². The van der Waals surface area contributed by atoms with Gasteiger partial charge < -0.3 is 5.32 Å². The van der Waals surface area contributed by atoms with Crippen LogP contribution in [0.5, 0.6) is 0 Å². The molecule has 1 unspecified atom stereocenters. The van der Waals surface area contributed by atoms with E-state index in [1.807, 2.05) is 5.38 Å². The van der Waals surface area contributed by atoms with E-state index in [1.165, 1.54) is 22.8 Å². The van der Waals surface area contributed by atoms with E-state index in [1.54, 1.807) is 5.51 Å². The Labute approximate surface area is 154 Å². The number of aromatic nitrogens is 4. The van der Waals surface area contributed by atoms with Gasteiger partial charge in [0, 0.05) is 10.9 Å². The molecule has 0 saturated carbocycles. The minimum atomic E-state index is -1.02. The van der Waals surface area contributed by atoms with Gasteiger partial charge in [0.15, 0.2) is 11.6 Å². The molecule has 3 rings (SSSR count). The number of nitrogens with one attached hydrogen (secondary N) is 1. The number of anilines is 1. The van der Waals surface area contributed by atoms with E-state index in [9.17, 15) is 8.78 Å². The number of rotatable bonds is 6. The fraction of sp³-hybridized carbons (Fsp3) is 0.357. The molecule has 0 aromatic carbocycles. The Hall–Kier alpha value is -1.32. The van der Waals surface area contributed by atoms with E-state index in [4.69, 9.17) is 11.6 Å². The van der Waals surface area contributed by atoms with Crippen molar-refractivity contribution in [1.82, 2.24) is 19.6 Å². The van der Waals surface area contributed by atoms with E-state index in [2.05, 4.69) is 36.3 Å². The highest BCUT2D eigenvalue weighted by Crippen LogP contribution is 2.32. The summed E-state index contributed by atoms with van der Waals surface area (Å²) in [5, 5.41) is 8.91. The van der Waals surface area contributed by atoms with Gasteiger partial charge in [-0.15, -0.1) is 16.4 Å². The van der Waals surface area contributed by atoms with Crippen LogP contribution < -0.4 is 5.32 Å². The van der Waals surface area contributed by atoms with Crippen LogP contribution in [0, 0.1) is 5.82 Å². The lowest BCUT2D eigenvalue weighted by Gasteiger charge is -2.06. The molecule has 128 valence electrons. The second-order valence-electron chi connectivity index (χ2n) is 5.23. The standard InChI is InChI=1S/C14H13BrClF2N5S/c1-7(17)2-3-9-10(18)11-13(19-4-8-5-24-6-20-8)21-14(16)22-23(11)12(9)15/h5-7H,2-4H2,1H3,(H,19,21,22). The molecule has 3 aromatic rings. The maximum absolute atomic E-state index is 14.8. The summed E-state index contributed by atoms with van der Waals surface area (Å²) in [6, 6.07) is 0. The van der Waals surface area contributed by atoms with E-state index < -0.39 is 12.0 Å². The summed E-state index contributed by atoms with van der Waals surface area (Å²) < 4.78 is 29.7. The van der Waals surface area contributed by atoms with E-state index in [-0.39, 0.29) is 29.5 Å². The molecular weight excluding hydrogens is 424 g/mol. The van der Waals surface area contributed by atoms with Crippen molar-refractivity contribution in [2.45, 2.75) is 32.5 Å². The smallest absolute Gasteiger partial charge is 0.243 e. The summed E-state index contributed by atoms with van der Waals surface area (Å²) >= 11 is 10.7. The first-order valence-electron chi connectivity index (χ1n) is 7.14. The number of fused-ring (bicyclic) bond motifs is 1. The zero-order chi connectivity index (χ0) is 17.3. The highest BCUT2D eigenvalue weighted by molar-refractivity contribution is 9.10. The molecule has 0 amide bonds. The second kappa shape index (κ2) is 7.28. The lowest BCUT2D eigenvalue weighted by molar-refractivity contribution is 0.340. The van der Waals surface area contributed by atoms with Gasteiger partial charge in [-0.3, -0.25) is 0 Å². The summed E-state index contributed by atoms with van der Waals surface area (Å²) in [5.41, 5.74) is 3.05. The number of nitrogens with zero attached hydrogens (tertiary/aromatic N) is 4. The van der Waals surface area contributed by atoms with Crippen LogP contribution in [0.3, 0.4) is 0 Å². The largest absolute Gasteiger partial charge is 0.362 e. The normalized spacial score (nSPS) is 12.7. The van der Waals surface area contributed by atoms with Crippen molar-refractivity contribution in [2.24, 2.45) is 0 Å². The van der Waals surface area contributed by atoms with Gasteiger partial charge in [0.05, 0.1) is 23.9 Å². The topological polar surface area (TPSA) is 55.1 Å². The molecule has 24 heavy (non-hydrogen) atoms. The number of thiazole rings is 1. The quantitative estimate of drug-likeness (QED) is 0.611. The SMILES string of the molecule is CC(F)CCc1c(F)c2c(NCc3cscn3)nc(Cl)nn2c1Br. The molecular formula is C14H13BrClF2N5S. The Kier molecular flexibility index (Phi) is 5.31. The maximum Gasteiger partial charge on any atom is 0.243 e. The van der Waals surface area contributed by atoms with Crippen molar-refractivity contribution in [3.63, 3.8) is 0 Å². The third-order valence-electron chi connectivity index (χ3n) is 3.44. The molecule has 0 aliphatic heterocycles. The van der Waals surface area contributed by atoms with Gasteiger partial charge >= 0.3 is 0 Å². The average Bonchev–Trinajstić information content (AvgIpc) is 3.12. The summed E-state index contributed by atoms with van der Waals surface area (Å²) in [7, 11) is 0. The molecule has 0 spiro atoms. The first-order chi connectivity index (χ1) is 11.5. The molecule has 10 heteroatoms. The molecule has 3 heterocycles. The summed E-state index contributed by atoms with van der Waals surface area (Å²) in [4.78, 5) is 8.23. The molecule has 0 radical (unpaired) electrons. The highest BCUT2D eigenvalue weighted by atomic mass is 79.9. The molecule has 1 atom stereocenters. The minimum absolute atomic E-state index is 0.0237. The number of alkyl halides is 1. The van der Waals surface area contributed by atoms with Gasteiger partial charge in [-0.25, -0.2) is 18.3 Å². The Morgan fingerprint density at radius 3 is 2.96 bits per heavy atom. The van der Waals surface area contributed by atoms with Crippen molar-refractivity contribution >= 4 is 50.2 Å². The fourth-order valence-electron chi connectivity index (χ4n) is 2.28. The van der Waals surface area contributed by atoms with E-state index in [0.717, 1.165) is 5.69 Å². The monoisotopic (exact) mass is 435 g/mol. The van der Waals surface area contributed by atoms with Crippen molar-refractivity contribution in [3.05, 3.63) is 37.9 Å². The third-order valence-corrected chi connectivity index (χ3v) is 5.05.